The Bertz CT molecular complexity index is 732. The molecule has 2 heterocycles. The maximum Gasteiger partial charge on any atom is 0.262 e. The first kappa shape index (κ1) is 15.4. The van der Waals surface area contributed by atoms with Crippen LogP contribution in [0.2, 0.25) is 0 Å². The van der Waals surface area contributed by atoms with Crippen LogP contribution < -0.4 is 5.32 Å². The zero-order valence-corrected chi connectivity index (χ0v) is 14.4. The van der Waals surface area contributed by atoms with Gasteiger partial charge in [-0.2, -0.15) is 0 Å². The Morgan fingerprint density at radius 2 is 1.91 bits per heavy atom. The molecule has 1 unspecified atom stereocenters. The van der Waals surface area contributed by atoms with Gasteiger partial charge < -0.3 is 0 Å². The number of carbonyl (C=O) groups excluding carboxylic acids is 4. The van der Waals surface area contributed by atoms with Crippen LogP contribution in [0.15, 0.2) is 16.6 Å². The Morgan fingerprint density at radius 1 is 1.18 bits per heavy atom. The van der Waals surface area contributed by atoms with Gasteiger partial charge in [-0.25, -0.2) is 0 Å². The van der Waals surface area contributed by atoms with Crippen molar-refractivity contribution in [3.63, 3.8) is 0 Å². The van der Waals surface area contributed by atoms with Gasteiger partial charge in [0, 0.05) is 16.2 Å². The Hall–Kier alpha value is -1.54. The topological polar surface area (TPSA) is 83.6 Å². The van der Waals surface area contributed by atoms with E-state index in [1.54, 1.807) is 12.1 Å². The van der Waals surface area contributed by atoms with Gasteiger partial charge in [-0.05, 0) is 24.1 Å². The molecule has 1 atom stereocenters. The molecule has 1 fully saturated rings. The number of halogens is 2. The lowest BCUT2D eigenvalue weighted by molar-refractivity contribution is -0.136. The lowest BCUT2D eigenvalue weighted by atomic mass is 10.0. The molecule has 6 nitrogen and oxygen atoms in total. The molecule has 8 heteroatoms. The fraction of sp³-hybridized carbons (Fsp3) is 0.286. The van der Waals surface area contributed by atoms with Gasteiger partial charge in [0.25, 0.3) is 11.8 Å². The SMILES string of the molecule is O=C1CCC(N2C(=O)c3cc(Br)cc(CBr)c3C2=O)C(=O)N1. The van der Waals surface area contributed by atoms with Crippen LogP contribution in [0.1, 0.15) is 39.1 Å². The van der Waals surface area contributed by atoms with E-state index in [4.69, 9.17) is 0 Å². The number of benzene rings is 1. The molecule has 3 rings (SSSR count). The van der Waals surface area contributed by atoms with Gasteiger partial charge in [-0.15, -0.1) is 0 Å². The normalized spacial score (nSPS) is 21.2. The number of alkyl halides is 1. The highest BCUT2D eigenvalue weighted by atomic mass is 79.9. The summed E-state index contributed by atoms with van der Waals surface area (Å²) in [6, 6.07) is 2.40. The van der Waals surface area contributed by atoms with Gasteiger partial charge in [0.05, 0.1) is 11.1 Å². The van der Waals surface area contributed by atoms with E-state index < -0.39 is 23.8 Å². The van der Waals surface area contributed by atoms with Crippen molar-refractivity contribution >= 4 is 55.5 Å². The first-order valence-electron chi connectivity index (χ1n) is 6.54. The Labute approximate surface area is 142 Å². The molecular weight excluding hydrogens is 420 g/mol. The predicted octanol–water partition coefficient (Wildman–Crippen LogP) is 1.75. The van der Waals surface area contributed by atoms with Crippen molar-refractivity contribution in [2.24, 2.45) is 0 Å². The van der Waals surface area contributed by atoms with Crippen LogP contribution in [-0.4, -0.2) is 34.6 Å². The number of amides is 4. The summed E-state index contributed by atoms with van der Waals surface area (Å²) >= 11 is 6.61. The van der Waals surface area contributed by atoms with Crippen molar-refractivity contribution in [2.75, 3.05) is 0 Å². The molecule has 4 amide bonds. The molecule has 1 aromatic rings. The highest BCUT2D eigenvalue weighted by molar-refractivity contribution is 9.10. The summed E-state index contributed by atoms with van der Waals surface area (Å²) in [7, 11) is 0. The molecule has 0 aromatic heterocycles. The number of imide groups is 2. The van der Waals surface area contributed by atoms with E-state index in [1.165, 1.54) is 0 Å². The summed E-state index contributed by atoms with van der Waals surface area (Å²) in [6.45, 7) is 0. The number of carbonyl (C=O) groups is 4. The van der Waals surface area contributed by atoms with E-state index in [2.05, 4.69) is 37.2 Å². The van der Waals surface area contributed by atoms with Crippen LogP contribution in [0.25, 0.3) is 0 Å². The average molecular weight is 430 g/mol. The minimum atomic E-state index is -0.938. The fourth-order valence-electron chi connectivity index (χ4n) is 2.74. The van der Waals surface area contributed by atoms with Crippen LogP contribution >= 0.6 is 31.9 Å². The molecule has 0 aliphatic carbocycles. The molecule has 0 saturated carbocycles. The minimum Gasteiger partial charge on any atom is -0.295 e. The second-order valence-corrected chi connectivity index (χ2v) is 6.54. The molecule has 1 N–H and O–H groups in total. The van der Waals surface area contributed by atoms with E-state index >= 15 is 0 Å². The zero-order valence-electron chi connectivity index (χ0n) is 11.2. The smallest absolute Gasteiger partial charge is 0.262 e. The van der Waals surface area contributed by atoms with E-state index in [1.807, 2.05) is 0 Å². The number of rotatable bonds is 2. The van der Waals surface area contributed by atoms with Gasteiger partial charge >= 0.3 is 0 Å². The maximum absolute atomic E-state index is 12.6. The van der Waals surface area contributed by atoms with Crippen LogP contribution in [0.3, 0.4) is 0 Å². The van der Waals surface area contributed by atoms with E-state index in [0.717, 1.165) is 4.90 Å². The first-order chi connectivity index (χ1) is 10.4. The van der Waals surface area contributed by atoms with Gasteiger partial charge in [0.2, 0.25) is 11.8 Å². The highest BCUT2D eigenvalue weighted by Gasteiger charge is 2.45. The van der Waals surface area contributed by atoms with E-state index in [-0.39, 0.29) is 24.3 Å². The standard InChI is InChI=1S/C14H10Br2N2O4/c15-5-6-3-7(16)4-8-11(6)14(22)18(13(8)21)9-1-2-10(19)17-12(9)20/h3-4,9H,1-2,5H2,(H,17,19,20). The number of fused-ring (bicyclic) bond motifs is 1. The van der Waals surface area contributed by atoms with E-state index in [0.29, 0.717) is 20.9 Å². The molecule has 114 valence electrons. The van der Waals surface area contributed by atoms with Gasteiger partial charge in [0.1, 0.15) is 6.04 Å². The summed E-state index contributed by atoms with van der Waals surface area (Å²) in [5, 5.41) is 2.59. The van der Waals surface area contributed by atoms with Gasteiger partial charge in [-0.1, -0.05) is 31.9 Å². The van der Waals surface area contributed by atoms with Crippen LogP contribution in [-0.2, 0) is 14.9 Å². The fourth-order valence-corrected chi connectivity index (χ4v) is 3.69. The third-order valence-electron chi connectivity index (χ3n) is 3.73. The molecule has 0 spiro atoms. The Morgan fingerprint density at radius 3 is 2.55 bits per heavy atom. The monoisotopic (exact) mass is 428 g/mol. The molecule has 2 aliphatic heterocycles. The number of piperidine rings is 1. The molecule has 22 heavy (non-hydrogen) atoms. The molecule has 1 saturated heterocycles. The third-order valence-corrected chi connectivity index (χ3v) is 4.79. The Balaban J connectivity index is 2.04. The van der Waals surface area contributed by atoms with Gasteiger partial charge in [0.15, 0.2) is 0 Å². The molecule has 1 aromatic carbocycles. The summed E-state index contributed by atoms with van der Waals surface area (Å²) < 4.78 is 0.687. The number of nitrogens with zero attached hydrogens (tertiary/aromatic N) is 1. The quantitative estimate of drug-likeness (QED) is 0.573. The highest BCUT2D eigenvalue weighted by Crippen LogP contribution is 2.33. The average Bonchev–Trinajstić information content (AvgIpc) is 2.71. The first-order valence-corrected chi connectivity index (χ1v) is 8.45. The van der Waals surface area contributed by atoms with Crippen LogP contribution in [0.5, 0.6) is 0 Å². The van der Waals surface area contributed by atoms with Crippen LogP contribution in [0, 0.1) is 0 Å². The van der Waals surface area contributed by atoms with Crippen molar-refractivity contribution in [2.45, 2.75) is 24.2 Å². The molecular formula is C14H10Br2N2O4. The minimum absolute atomic E-state index is 0.110. The lowest BCUT2D eigenvalue weighted by Gasteiger charge is -2.27. The van der Waals surface area contributed by atoms with Crippen molar-refractivity contribution in [3.8, 4) is 0 Å². The molecule has 0 radical (unpaired) electrons. The molecule has 0 bridgehead atoms. The summed E-state index contributed by atoms with van der Waals surface area (Å²) in [4.78, 5) is 49.3. The Kier molecular flexibility index (Phi) is 3.90. The van der Waals surface area contributed by atoms with Crippen LogP contribution in [0.4, 0.5) is 0 Å². The van der Waals surface area contributed by atoms with Crippen molar-refractivity contribution < 1.29 is 19.2 Å². The van der Waals surface area contributed by atoms with Crippen molar-refractivity contribution in [1.29, 1.82) is 0 Å². The summed E-state index contributed by atoms with van der Waals surface area (Å²) in [6.07, 6.45) is 0.264. The largest absolute Gasteiger partial charge is 0.295 e. The van der Waals surface area contributed by atoms with Crippen molar-refractivity contribution in [1.82, 2.24) is 10.2 Å². The second kappa shape index (κ2) is 5.58. The third kappa shape index (κ3) is 2.30. The maximum atomic E-state index is 12.6. The molecule has 2 aliphatic rings. The zero-order chi connectivity index (χ0) is 16.0. The summed E-state index contributed by atoms with van der Waals surface area (Å²) in [5.41, 5.74) is 1.27. The second-order valence-electron chi connectivity index (χ2n) is 5.07. The van der Waals surface area contributed by atoms with Gasteiger partial charge in [-0.3, -0.25) is 29.4 Å². The van der Waals surface area contributed by atoms with Crippen molar-refractivity contribution in [3.05, 3.63) is 33.3 Å². The number of hydrogen-bond donors (Lipinski definition) is 1. The van der Waals surface area contributed by atoms with E-state index in [9.17, 15) is 19.2 Å². The number of hydrogen-bond acceptors (Lipinski definition) is 4. The number of nitrogens with one attached hydrogen (secondary N) is 1. The summed E-state index contributed by atoms with van der Waals surface area (Å²) in [5.74, 6) is -1.98. The lowest BCUT2D eigenvalue weighted by Crippen LogP contribution is -2.54. The predicted molar refractivity (Wildman–Crippen MR) is 83.4 cm³/mol.